The summed E-state index contributed by atoms with van der Waals surface area (Å²) in [7, 11) is 1.56. The van der Waals surface area contributed by atoms with Crippen molar-refractivity contribution in [3.63, 3.8) is 0 Å². The number of nitrogens with two attached hydrogens (primary N) is 1. The Bertz CT molecular complexity index is 888. The summed E-state index contributed by atoms with van der Waals surface area (Å²) in [6.07, 6.45) is 1.20. The number of ether oxygens (including phenoxy) is 2. The maximum atomic E-state index is 13.7. The van der Waals surface area contributed by atoms with Gasteiger partial charge >= 0.3 is 0 Å². The van der Waals surface area contributed by atoms with Gasteiger partial charge < -0.3 is 20.5 Å². The van der Waals surface area contributed by atoms with Crippen molar-refractivity contribution >= 4 is 17.2 Å². The van der Waals surface area contributed by atoms with Crippen LogP contribution in [-0.2, 0) is 0 Å². The lowest BCUT2D eigenvalue weighted by atomic mass is 10.3. The van der Waals surface area contributed by atoms with Gasteiger partial charge in [0, 0.05) is 6.07 Å². The third-order valence-corrected chi connectivity index (χ3v) is 3.30. The molecule has 0 saturated heterocycles. The molecule has 0 bridgehead atoms. The molecule has 2 aromatic carbocycles. The average molecular weight is 344 g/mol. The van der Waals surface area contributed by atoms with Crippen LogP contribution in [0.3, 0.4) is 0 Å². The summed E-state index contributed by atoms with van der Waals surface area (Å²) in [6.45, 7) is 0. The highest BCUT2D eigenvalue weighted by molar-refractivity contribution is 5.72. The van der Waals surface area contributed by atoms with Crippen LogP contribution in [0.25, 0.3) is 0 Å². The van der Waals surface area contributed by atoms with Gasteiger partial charge in [-0.3, -0.25) is 0 Å². The zero-order valence-electron chi connectivity index (χ0n) is 13.2. The van der Waals surface area contributed by atoms with Crippen molar-refractivity contribution in [2.45, 2.75) is 0 Å². The molecule has 0 spiro atoms. The molecule has 6 nitrogen and oxygen atoms in total. The van der Waals surface area contributed by atoms with E-state index in [9.17, 15) is 8.78 Å². The number of nitrogens with zero attached hydrogens (tertiary/aromatic N) is 2. The summed E-state index contributed by atoms with van der Waals surface area (Å²) in [6, 6.07) is 9.81. The van der Waals surface area contributed by atoms with E-state index in [0.29, 0.717) is 11.5 Å². The smallest absolute Gasteiger partial charge is 0.248 e. The third kappa shape index (κ3) is 3.74. The Morgan fingerprint density at radius 1 is 1.00 bits per heavy atom. The van der Waals surface area contributed by atoms with Crippen LogP contribution in [0.5, 0.6) is 17.4 Å². The lowest BCUT2D eigenvalue weighted by Gasteiger charge is -2.12. The second-order valence-corrected chi connectivity index (χ2v) is 4.97. The number of nitrogens with one attached hydrogen (secondary N) is 1. The Morgan fingerprint density at radius 3 is 2.44 bits per heavy atom. The van der Waals surface area contributed by atoms with Crippen molar-refractivity contribution in [3.05, 3.63) is 60.4 Å². The van der Waals surface area contributed by atoms with Crippen LogP contribution >= 0.6 is 0 Å². The van der Waals surface area contributed by atoms with Gasteiger partial charge in [-0.05, 0) is 36.4 Å². The molecular formula is C17H14F2N4O2. The van der Waals surface area contributed by atoms with Gasteiger partial charge in [0.1, 0.15) is 35.1 Å². The van der Waals surface area contributed by atoms with E-state index < -0.39 is 11.6 Å². The largest absolute Gasteiger partial charge is 0.497 e. The maximum Gasteiger partial charge on any atom is 0.248 e. The van der Waals surface area contributed by atoms with Gasteiger partial charge in [0.05, 0.1) is 12.8 Å². The lowest BCUT2D eigenvalue weighted by Crippen LogP contribution is -2.04. The quantitative estimate of drug-likeness (QED) is 0.731. The number of aromatic nitrogens is 2. The van der Waals surface area contributed by atoms with Crippen molar-refractivity contribution < 1.29 is 18.3 Å². The number of hydrogen-bond donors (Lipinski definition) is 2. The van der Waals surface area contributed by atoms with Crippen LogP contribution in [0.15, 0.2) is 48.8 Å². The summed E-state index contributed by atoms with van der Waals surface area (Å²) in [4.78, 5) is 7.90. The molecule has 0 aliphatic rings. The van der Waals surface area contributed by atoms with E-state index in [1.807, 2.05) is 0 Å². The maximum absolute atomic E-state index is 13.7. The van der Waals surface area contributed by atoms with Crippen LogP contribution in [0, 0.1) is 11.6 Å². The SMILES string of the molecule is COc1ccc(Oc2ncnc(Nc3cc(F)ccc3F)c2N)cc1. The topological polar surface area (TPSA) is 82.3 Å². The van der Waals surface area contributed by atoms with Crippen molar-refractivity contribution in [1.82, 2.24) is 9.97 Å². The minimum absolute atomic E-state index is 0.0574. The number of rotatable bonds is 5. The van der Waals surface area contributed by atoms with E-state index in [0.717, 1.165) is 18.2 Å². The first-order valence-electron chi connectivity index (χ1n) is 7.21. The van der Waals surface area contributed by atoms with Gasteiger partial charge in [0.15, 0.2) is 5.82 Å². The summed E-state index contributed by atoms with van der Waals surface area (Å²) in [5.74, 6) is 0.104. The molecule has 3 aromatic rings. The Hall–Kier alpha value is -3.42. The Morgan fingerprint density at radius 2 is 1.72 bits per heavy atom. The van der Waals surface area contributed by atoms with Gasteiger partial charge in [-0.25, -0.2) is 13.8 Å². The highest BCUT2D eigenvalue weighted by Gasteiger charge is 2.13. The van der Waals surface area contributed by atoms with Crippen LogP contribution in [0.1, 0.15) is 0 Å². The van der Waals surface area contributed by atoms with E-state index in [4.69, 9.17) is 15.2 Å². The zero-order chi connectivity index (χ0) is 17.8. The monoisotopic (exact) mass is 344 g/mol. The summed E-state index contributed by atoms with van der Waals surface area (Å²) >= 11 is 0. The van der Waals surface area contributed by atoms with Gasteiger partial charge in [-0.15, -0.1) is 0 Å². The molecule has 0 fully saturated rings. The molecule has 0 unspecified atom stereocenters. The Balaban J connectivity index is 1.85. The minimum atomic E-state index is -0.642. The highest BCUT2D eigenvalue weighted by Crippen LogP contribution is 2.32. The fourth-order valence-electron chi connectivity index (χ4n) is 2.04. The predicted octanol–water partition coefficient (Wildman–Crippen LogP) is 3.88. The predicted molar refractivity (Wildman–Crippen MR) is 89.2 cm³/mol. The molecule has 0 aliphatic heterocycles. The second kappa shape index (κ2) is 7.00. The van der Waals surface area contributed by atoms with Gasteiger partial charge in [0.2, 0.25) is 5.88 Å². The first-order valence-corrected chi connectivity index (χ1v) is 7.21. The molecule has 8 heteroatoms. The van der Waals surface area contributed by atoms with Gasteiger partial charge in [-0.2, -0.15) is 4.98 Å². The molecule has 1 heterocycles. The molecule has 0 atom stereocenters. The fourth-order valence-corrected chi connectivity index (χ4v) is 2.04. The molecule has 3 N–H and O–H groups in total. The van der Waals surface area contributed by atoms with Crippen molar-refractivity contribution in [3.8, 4) is 17.4 Å². The van der Waals surface area contributed by atoms with Gasteiger partial charge in [-0.1, -0.05) is 0 Å². The zero-order valence-corrected chi connectivity index (χ0v) is 13.2. The standard InChI is InChI=1S/C17H14F2N4O2/c1-24-11-3-5-12(6-4-11)25-17-15(20)16(21-9-22-17)23-14-8-10(18)2-7-13(14)19/h2-9H,20H2,1H3,(H,21,22,23). The van der Waals surface area contributed by atoms with Crippen molar-refractivity contribution in [1.29, 1.82) is 0 Å². The normalized spacial score (nSPS) is 10.4. The number of halogens is 2. The average Bonchev–Trinajstić information content (AvgIpc) is 2.62. The minimum Gasteiger partial charge on any atom is -0.497 e. The van der Waals surface area contributed by atoms with E-state index >= 15 is 0 Å². The first-order chi connectivity index (χ1) is 12.1. The molecule has 25 heavy (non-hydrogen) atoms. The molecule has 0 amide bonds. The third-order valence-electron chi connectivity index (χ3n) is 3.30. The van der Waals surface area contributed by atoms with E-state index in [2.05, 4.69) is 15.3 Å². The summed E-state index contributed by atoms with van der Waals surface area (Å²) in [5.41, 5.74) is 5.93. The number of hydrogen-bond acceptors (Lipinski definition) is 6. The number of anilines is 3. The summed E-state index contributed by atoms with van der Waals surface area (Å²) < 4.78 is 37.7. The molecule has 3 rings (SSSR count). The van der Waals surface area contributed by atoms with E-state index in [1.54, 1.807) is 31.4 Å². The Labute approximate surface area is 142 Å². The van der Waals surface area contributed by atoms with E-state index in [1.165, 1.54) is 6.33 Å². The number of methoxy groups -OCH3 is 1. The molecule has 1 aromatic heterocycles. The number of benzene rings is 2. The van der Waals surface area contributed by atoms with Crippen molar-refractivity contribution in [2.24, 2.45) is 0 Å². The molecule has 0 saturated carbocycles. The van der Waals surface area contributed by atoms with Crippen molar-refractivity contribution in [2.75, 3.05) is 18.2 Å². The lowest BCUT2D eigenvalue weighted by molar-refractivity contribution is 0.412. The molecule has 0 aliphatic carbocycles. The van der Waals surface area contributed by atoms with Crippen LogP contribution in [0.4, 0.5) is 26.0 Å². The van der Waals surface area contributed by atoms with Crippen LogP contribution in [0.2, 0.25) is 0 Å². The molecular weight excluding hydrogens is 330 g/mol. The van der Waals surface area contributed by atoms with Gasteiger partial charge in [0.25, 0.3) is 0 Å². The number of nitrogen functional groups attached to an aromatic ring is 1. The Kier molecular flexibility index (Phi) is 4.60. The first kappa shape index (κ1) is 16.4. The fraction of sp³-hybridized carbons (Fsp3) is 0.0588. The van der Waals surface area contributed by atoms with Crippen LogP contribution in [-0.4, -0.2) is 17.1 Å². The second-order valence-electron chi connectivity index (χ2n) is 4.97. The van der Waals surface area contributed by atoms with E-state index in [-0.39, 0.29) is 23.1 Å². The highest BCUT2D eigenvalue weighted by atomic mass is 19.1. The molecule has 128 valence electrons. The molecule has 0 radical (unpaired) electrons. The summed E-state index contributed by atoms with van der Waals surface area (Å²) in [5, 5.41) is 2.63. The van der Waals surface area contributed by atoms with Crippen LogP contribution < -0.4 is 20.5 Å².